The summed E-state index contributed by atoms with van der Waals surface area (Å²) in [6, 6.07) is 0.970. The van der Waals surface area contributed by atoms with Crippen LogP contribution in [0, 0.1) is 17.2 Å². The van der Waals surface area contributed by atoms with E-state index in [1.807, 2.05) is 0 Å². The molecule has 92 valence electrons. The molecule has 1 atom stereocenters. The van der Waals surface area contributed by atoms with Gasteiger partial charge in [0.1, 0.15) is 5.71 Å². The Balaban J connectivity index is 3.33. The number of rotatable bonds is 0. The zero-order valence-corrected chi connectivity index (χ0v) is 7.73. The SMILES string of the molecule is N#CC1C(=O)N=C(C(F)(F)F)C=C1C(F)(F)F. The number of alkyl halides is 6. The second-order valence-corrected chi connectivity index (χ2v) is 2.99. The van der Waals surface area contributed by atoms with Crippen molar-refractivity contribution in [3.05, 3.63) is 11.6 Å². The minimum atomic E-state index is -5.19. The summed E-state index contributed by atoms with van der Waals surface area (Å²) in [5.41, 5.74) is -3.81. The van der Waals surface area contributed by atoms with E-state index in [1.165, 1.54) is 0 Å². The van der Waals surface area contributed by atoms with Gasteiger partial charge in [-0.15, -0.1) is 0 Å². The maximum Gasteiger partial charge on any atom is 0.433 e. The van der Waals surface area contributed by atoms with E-state index in [2.05, 4.69) is 4.99 Å². The maximum absolute atomic E-state index is 12.3. The molecule has 1 amide bonds. The van der Waals surface area contributed by atoms with Crippen LogP contribution >= 0.6 is 0 Å². The van der Waals surface area contributed by atoms with Crippen LogP contribution in [0.1, 0.15) is 0 Å². The quantitative estimate of drug-likeness (QED) is 0.623. The van der Waals surface area contributed by atoms with Crippen molar-refractivity contribution in [1.82, 2.24) is 0 Å². The van der Waals surface area contributed by atoms with Gasteiger partial charge in [0.2, 0.25) is 0 Å². The van der Waals surface area contributed by atoms with E-state index in [9.17, 15) is 31.1 Å². The number of allylic oxidation sites excluding steroid dienone is 1. The van der Waals surface area contributed by atoms with Crippen molar-refractivity contribution < 1.29 is 31.1 Å². The number of amides is 1. The molecule has 0 aliphatic carbocycles. The minimum Gasteiger partial charge on any atom is -0.271 e. The van der Waals surface area contributed by atoms with Crippen molar-refractivity contribution in [2.24, 2.45) is 10.9 Å². The first-order chi connectivity index (χ1) is 7.57. The van der Waals surface area contributed by atoms with E-state index in [0.29, 0.717) is 0 Å². The number of dihydropyridines is 1. The first-order valence-electron chi connectivity index (χ1n) is 3.95. The second kappa shape index (κ2) is 3.87. The fraction of sp³-hybridized carbons (Fsp3) is 0.375. The Morgan fingerprint density at radius 3 is 2.06 bits per heavy atom. The zero-order chi connectivity index (χ0) is 13.4. The lowest BCUT2D eigenvalue weighted by Gasteiger charge is -2.19. The van der Waals surface area contributed by atoms with Gasteiger partial charge in [-0.1, -0.05) is 0 Å². The fourth-order valence-electron chi connectivity index (χ4n) is 1.09. The van der Waals surface area contributed by atoms with Crippen LogP contribution in [-0.4, -0.2) is 24.0 Å². The molecule has 1 heterocycles. The van der Waals surface area contributed by atoms with E-state index in [-0.39, 0.29) is 6.08 Å². The van der Waals surface area contributed by atoms with Gasteiger partial charge in [-0.05, 0) is 6.08 Å². The van der Waals surface area contributed by atoms with E-state index in [4.69, 9.17) is 5.26 Å². The summed E-state index contributed by atoms with van der Waals surface area (Å²) >= 11 is 0. The molecular weight excluding hydrogens is 254 g/mol. The number of nitriles is 1. The van der Waals surface area contributed by atoms with E-state index < -0.39 is 35.5 Å². The lowest BCUT2D eigenvalue weighted by atomic mass is 9.95. The van der Waals surface area contributed by atoms with Crippen LogP contribution in [0.4, 0.5) is 26.3 Å². The van der Waals surface area contributed by atoms with Crippen LogP contribution < -0.4 is 0 Å². The third-order valence-electron chi connectivity index (χ3n) is 1.83. The van der Waals surface area contributed by atoms with Crippen molar-refractivity contribution in [1.29, 1.82) is 5.26 Å². The standard InChI is InChI=1S/C8H2F6N2O/c9-7(10,11)4-1-5(8(12,13)14)16-6(17)3(4)2-15/h1,3H. The first-order valence-corrected chi connectivity index (χ1v) is 3.95. The summed E-state index contributed by atoms with van der Waals surface area (Å²) in [5, 5.41) is 8.32. The highest BCUT2D eigenvalue weighted by Crippen LogP contribution is 2.36. The molecule has 1 aliphatic heterocycles. The Morgan fingerprint density at radius 1 is 1.18 bits per heavy atom. The molecule has 1 rings (SSSR count). The Morgan fingerprint density at radius 2 is 1.71 bits per heavy atom. The molecule has 0 radical (unpaired) electrons. The molecule has 0 aromatic carbocycles. The number of carbonyl (C=O) groups is 1. The third-order valence-corrected chi connectivity index (χ3v) is 1.83. The Kier molecular flexibility index (Phi) is 3.01. The number of hydrogen-bond acceptors (Lipinski definition) is 2. The lowest BCUT2D eigenvalue weighted by Crippen LogP contribution is -2.34. The van der Waals surface area contributed by atoms with Crippen LogP contribution in [0.2, 0.25) is 0 Å². The molecule has 0 saturated carbocycles. The lowest BCUT2D eigenvalue weighted by molar-refractivity contribution is -0.126. The number of carbonyl (C=O) groups excluding carboxylic acids is 1. The number of aliphatic imine (C=N–C) groups is 1. The van der Waals surface area contributed by atoms with Gasteiger partial charge in [-0.2, -0.15) is 31.6 Å². The first kappa shape index (κ1) is 13.2. The number of hydrogen-bond donors (Lipinski definition) is 0. The van der Waals surface area contributed by atoms with Crippen LogP contribution in [0.25, 0.3) is 0 Å². The van der Waals surface area contributed by atoms with Gasteiger partial charge in [-0.25, -0.2) is 4.99 Å². The molecule has 9 heteroatoms. The summed E-state index contributed by atoms with van der Waals surface area (Å²) in [6.45, 7) is 0. The number of nitrogens with zero attached hydrogens (tertiary/aromatic N) is 2. The summed E-state index contributed by atoms with van der Waals surface area (Å²) in [6.07, 6.45) is -10.7. The van der Waals surface area contributed by atoms with Gasteiger partial charge < -0.3 is 0 Å². The summed E-state index contributed by atoms with van der Waals surface area (Å²) < 4.78 is 73.3. The molecule has 0 aromatic heterocycles. The van der Waals surface area contributed by atoms with Crippen molar-refractivity contribution in [3.8, 4) is 6.07 Å². The highest BCUT2D eigenvalue weighted by atomic mass is 19.4. The normalized spacial score (nSPS) is 21.7. The molecule has 0 aromatic rings. The molecule has 3 nitrogen and oxygen atoms in total. The van der Waals surface area contributed by atoms with Gasteiger partial charge in [0.25, 0.3) is 5.91 Å². The third kappa shape index (κ3) is 2.64. The Labute approximate surface area is 90.0 Å². The summed E-state index contributed by atoms with van der Waals surface area (Å²) in [7, 11) is 0. The van der Waals surface area contributed by atoms with Gasteiger partial charge in [-0.3, -0.25) is 4.79 Å². The molecule has 0 bridgehead atoms. The molecular formula is C8H2F6N2O. The average Bonchev–Trinajstić information content (AvgIpc) is 2.13. The Hall–Kier alpha value is -1.85. The average molecular weight is 256 g/mol. The predicted molar refractivity (Wildman–Crippen MR) is 41.7 cm³/mol. The Bertz CT molecular complexity index is 450. The molecule has 0 spiro atoms. The van der Waals surface area contributed by atoms with Crippen LogP contribution in [0.3, 0.4) is 0 Å². The molecule has 1 unspecified atom stereocenters. The number of halogens is 6. The zero-order valence-electron chi connectivity index (χ0n) is 7.73. The summed E-state index contributed by atoms with van der Waals surface area (Å²) in [4.78, 5) is 13.3. The topological polar surface area (TPSA) is 53.2 Å². The van der Waals surface area contributed by atoms with Crippen molar-refractivity contribution in [2.45, 2.75) is 12.4 Å². The van der Waals surface area contributed by atoms with Gasteiger partial charge in [0, 0.05) is 0 Å². The highest BCUT2D eigenvalue weighted by Gasteiger charge is 2.48. The second-order valence-electron chi connectivity index (χ2n) is 2.99. The summed E-state index contributed by atoms with van der Waals surface area (Å²) in [5.74, 6) is -4.12. The molecule has 17 heavy (non-hydrogen) atoms. The molecule has 0 N–H and O–H groups in total. The smallest absolute Gasteiger partial charge is 0.271 e. The van der Waals surface area contributed by atoms with Crippen molar-refractivity contribution >= 4 is 11.6 Å². The van der Waals surface area contributed by atoms with E-state index in [0.717, 1.165) is 6.07 Å². The van der Waals surface area contributed by atoms with Gasteiger partial charge in [0.15, 0.2) is 5.92 Å². The van der Waals surface area contributed by atoms with Crippen LogP contribution in [0.15, 0.2) is 16.6 Å². The van der Waals surface area contributed by atoms with Crippen molar-refractivity contribution in [2.75, 3.05) is 0 Å². The largest absolute Gasteiger partial charge is 0.433 e. The van der Waals surface area contributed by atoms with Crippen molar-refractivity contribution in [3.63, 3.8) is 0 Å². The van der Waals surface area contributed by atoms with E-state index >= 15 is 0 Å². The predicted octanol–water partition coefficient (Wildman–Crippen LogP) is 2.16. The fourth-order valence-corrected chi connectivity index (χ4v) is 1.09. The van der Waals surface area contributed by atoms with Gasteiger partial charge in [0.05, 0.1) is 11.6 Å². The molecule has 0 fully saturated rings. The van der Waals surface area contributed by atoms with Gasteiger partial charge >= 0.3 is 12.4 Å². The van der Waals surface area contributed by atoms with E-state index in [1.54, 1.807) is 0 Å². The maximum atomic E-state index is 12.3. The van der Waals surface area contributed by atoms with Crippen LogP contribution in [0.5, 0.6) is 0 Å². The highest BCUT2D eigenvalue weighted by molar-refractivity contribution is 6.10. The molecule has 1 aliphatic rings. The van der Waals surface area contributed by atoms with Crippen LogP contribution in [-0.2, 0) is 4.79 Å². The molecule has 0 saturated heterocycles. The monoisotopic (exact) mass is 256 g/mol. The minimum absolute atomic E-state index is 0.324.